The average molecular weight is 394 g/mol. The summed E-state index contributed by atoms with van der Waals surface area (Å²) in [7, 11) is 3.12. The van der Waals surface area contributed by atoms with E-state index in [-0.39, 0.29) is 11.7 Å². The summed E-state index contributed by atoms with van der Waals surface area (Å²) in [6.07, 6.45) is 0. The number of methoxy groups -OCH3 is 2. The molecule has 4 rings (SSSR count). The third-order valence-electron chi connectivity index (χ3n) is 4.25. The average Bonchev–Trinajstić information content (AvgIpc) is 3.16. The van der Waals surface area contributed by atoms with E-state index in [9.17, 15) is 4.79 Å². The fraction of sp³-hybridized carbons (Fsp3) is 0.150. The number of ether oxygens (including phenoxy) is 2. The molecule has 0 unspecified atom stereocenters. The zero-order valence-electron chi connectivity index (χ0n) is 15.4. The number of amides is 1. The number of hydrogen-bond acceptors (Lipinski definition) is 6. The zero-order valence-corrected chi connectivity index (χ0v) is 16.2. The van der Waals surface area contributed by atoms with Crippen LogP contribution in [0.2, 0.25) is 0 Å². The van der Waals surface area contributed by atoms with Crippen molar-refractivity contribution in [1.29, 1.82) is 0 Å². The summed E-state index contributed by atoms with van der Waals surface area (Å²) in [5.74, 6) is 1.23. The van der Waals surface area contributed by atoms with Crippen molar-refractivity contribution in [1.82, 2.24) is 14.6 Å². The van der Waals surface area contributed by atoms with E-state index < -0.39 is 0 Å². The van der Waals surface area contributed by atoms with Crippen LogP contribution in [-0.4, -0.2) is 40.5 Å². The number of rotatable bonds is 6. The normalized spacial score (nSPS) is 10.9. The fourth-order valence-electron chi connectivity index (χ4n) is 2.95. The number of nitrogens with one attached hydrogen (secondary N) is 1. The summed E-state index contributed by atoms with van der Waals surface area (Å²) < 4.78 is 12.4. The highest BCUT2D eigenvalue weighted by molar-refractivity contribution is 7.99. The van der Waals surface area contributed by atoms with Gasteiger partial charge in [0.05, 0.1) is 25.5 Å². The number of hydrogen-bond donors (Lipinski definition) is 1. The third-order valence-corrected chi connectivity index (χ3v) is 5.18. The number of thioether (sulfide) groups is 1. The first-order valence-electron chi connectivity index (χ1n) is 8.57. The van der Waals surface area contributed by atoms with E-state index in [1.54, 1.807) is 32.4 Å². The number of benzene rings is 2. The van der Waals surface area contributed by atoms with Crippen molar-refractivity contribution in [3.05, 3.63) is 54.6 Å². The Morgan fingerprint density at radius 2 is 1.86 bits per heavy atom. The maximum atomic E-state index is 12.4. The molecule has 0 radical (unpaired) electrons. The van der Waals surface area contributed by atoms with Gasteiger partial charge in [-0.1, -0.05) is 30.0 Å². The van der Waals surface area contributed by atoms with Crippen LogP contribution in [-0.2, 0) is 4.79 Å². The van der Waals surface area contributed by atoms with Gasteiger partial charge in [0, 0.05) is 11.8 Å². The Hall–Kier alpha value is -3.26. The maximum absolute atomic E-state index is 12.4. The summed E-state index contributed by atoms with van der Waals surface area (Å²) >= 11 is 1.34. The summed E-state index contributed by atoms with van der Waals surface area (Å²) in [5, 5.41) is 13.1. The zero-order chi connectivity index (χ0) is 19.5. The van der Waals surface area contributed by atoms with Crippen LogP contribution >= 0.6 is 11.8 Å². The maximum Gasteiger partial charge on any atom is 0.234 e. The molecule has 8 heteroatoms. The number of para-hydroxylation sites is 1. The van der Waals surface area contributed by atoms with Crippen molar-refractivity contribution in [3.63, 3.8) is 0 Å². The SMILES string of the molecule is COc1ccc(NC(=O)CSc2nnc3ccc4ccccc4n23)cc1OC. The van der Waals surface area contributed by atoms with Gasteiger partial charge in [-0.2, -0.15) is 0 Å². The molecule has 0 fully saturated rings. The van der Waals surface area contributed by atoms with Gasteiger partial charge in [-0.15, -0.1) is 10.2 Å². The molecule has 0 saturated heterocycles. The predicted molar refractivity (Wildman–Crippen MR) is 109 cm³/mol. The van der Waals surface area contributed by atoms with Gasteiger partial charge < -0.3 is 14.8 Å². The first-order chi connectivity index (χ1) is 13.7. The lowest BCUT2D eigenvalue weighted by Gasteiger charge is -2.10. The van der Waals surface area contributed by atoms with Crippen LogP contribution < -0.4 is 14.8 Å². The topological polar surface area (TPSA) is 77.8 Å². The van der Waals surface area contributed by atoms with Gasteiger partial charge in [0.2, 0.25) is 5.91 Å². The molecule has 1 N–H and O–H groups in total. The lowest BCUT2D eigenvalue weighted by atomic mass is 10.2. The molecule has 7 nitrogen and oxygen atoms in total. The molecule has 0 aliphatic heterocycles. The number of aromatic nitrogens is 3. The van der Waals surface area contributed by atoms with Crippen molar-refractivity contribution in [3.8, 4) is 11.5 Å². The Bertz CT molecular complexity index is 1160. The molecule has 0 atom stereocenters. The van der Waals surface area contributed by atoms with Crippen LogP contribution in [0.5, 0.6) is 11.5 Å². The third kappa shape index (κ3) is 3.46. The number of pyridine rings is 1. The predicted octanol–water partition coefficient (Wildman–Crippen LogP) is 3.63. The van der Waals surface area contributed by atoms with Crippen molar-refractivity contribution >= 4 is 39.9 Å². The molecule has 1 amide bonds. The Morgan fingerprint density at radius 3 is 2.68 bits per heavy atom. The van der Waals surface area contributed by atoms with Gasteiger partial charge in [0.1, 0.15) is 0 Å². The Morgan fingerprint density at radius 1 is 1.04 bits per heavy atom. The molecule has 0 aliphatic carbocycles. The number of anilines is 1. The van der Waals surface area contributed by atoms with Crippen LogP contribution in [0, 0.1) is 0 Å². The Labute approximate surface area is 165 Å². The second-order valence-corrected chi connectivity index (χ2v) is 6.92. The minimum Gasteiger partial charge on any atom is -0.493 e. The van der Waals surface area contributed by atoms with Gasteiger partial charge in [0.15, 0.2) is 22.3 Å². The van der Waals surface area contributed by atoms with E-state index >= 15 is 0 Å². The van der Waals surface area contributed by atoms with Crippen LogP contribution in [0.1, 0.15) is 0 Å². The number of nitrogens with zero attached hydrogens (tertiary/aromatic N) is 3. The van der Waals surface area contributed by atoms with Crippen molar-refractivity contribution in [2.75, 3.05) is 25.3 Å². The monoisotopic (exact) mass is 394 g/mol. The first kappa shape index (κ1) is 18.1. The smallest absolute Gasteiger partial charge is 0.234 e. The Kier molecular flexibility index (Phi) is 5.03. The van der Waals surface area contributed by atoms with E-state index in [1.807, 2.05) is 40.8 Å². The molecule has 2 aromatic heterocycles. The second-order valence-electron chi connectivity index (χ2n) is 5.97. The van der Waals surface area contributed by atoms with Gasteiger partial charge in [-0.05, 0) is 35.7 Å². The largest absolute Gasteiger partial charge is 0.493 e. The number of carbonyl (C=O) groups is 1. The summed E-state index contributed by atoms with van der Waals surface area (Å²) in [5.41, 5.74) is 2.40. The van der Waals surface area contributed by atoms with Gasteiger partial charge in [-0.3, -0.25) is 9.20 Å². The number of carbonyl (C=O) groups excluding carboxylic acids is 1. The molecular weight excluding hydrogens is 376 g/mol. The molecule has 0 spiro atoms. The highest BCUT2D eigenvalue weighted by atomic mass is 32.2. The van der Waals surface area contributed by atoms with Gasteiger partial charge >= 0.3 is 0 Å². The lowest BCUT2D eigenvalue weighted by molar-refractivity contribution is -0.113. The Balaban J connectivity index is 1.50. The van der Waals surface area contributed by atoms with Crippen LogP contribution in [0.3, 0.4) is 0 Å². The highest BCUT2D eigenvalue weighted by Crippen LogP contribution is 2.30. The van der Waals surface area contributed by atoms with Crippen LogP contribution in [0.4, 0.5) is 5.69 Å². The van der Waals surface area contributed by atoms with Crippen molar-refractivity contribution in [2.45, 2.75) is 5.16 Å². The molecule has 2 heterocycles. The van der Waals surface area contributed by atoms with Crippen LogP contribution in [0.15, 0.2) is 59.8 Å². The molecule has 2 aromatic carbocycles. The summed E-state index contributed by atoms with van der Waals surface area (Å²) in [6.45, 7) is 0. The molecule has 0 aliphatic rings. The first-order valence-corrected chi connectivity index (χ1v) is 9.55. The van der Waals surface area contributed by atoms with E-state index in [2.05, 4.69) is 15.5 Å². The van der Waals surface area contributed by atoms with Crippen molar-refractivity contribution in [2.24, 2.45) is 0 Å². The molecule has 142 valence electrons. The quantitative estimate of drug-likeness (QED) is 0.503. The van der Waals surface area contributed by atoms with Crippen molar-refractivity contribution < 1.29 is 14.3 Å². The van der Waals surface area contributed by atoms with Gasteiger partial charge in [0.25, 0.3) is 0 Å². The van der Waals surface area contributed by atoms with Gasteiger partial charge in [-0.25, -0.2) is 0 Å². The summed E-state index contributed by atoms with van der Waals surface area (Å²) in [4.78, 5) is 12.4. The summed E-state index contributed by atoms with van der Waals surface area (Å²) in [6, 6.07) is 17.2. The van der Waals surface area contributed by atoms with E-state index in [1.165, 1.54) is 11.8 Å². The molecule has 0 saturated carbocycles. The standard InChI is InChI=1S/C20H18N4O3S/c1-26-16-9-8-14(11-17(16)27-2)21-19(25)12-28-20-23-22-18-10-7-13-5-3-4-6-15(13)24(18)20/h3-11H,12H2,1-2H3,(H,21,25). The van der Waals surface area contributed by atoms with E-state index in [0.717, 1.165) is 16.6 Å². The molecule has 28 heavy (non-hydrogen) atoms. The lowest BCUT2D eigenvalue weighted by Crippen LogP contribution is -2.14. The van der Waals surface area contributed by atoms with E-state index in [0.29, 0.717) is 22.3 Å². The molecular formula is C20H18N4O3S. The fourth-order valence-corrected chi connectivity index (χ4v) is 3.70. The number of fused-ring (bicyclic) bond motifs is 3. The molecule has 0 bridgehead atoms. The second kappa shape index (κ2) is 7.77. The highest BCUT2D eigenvalue weighted by Gasteiger charge is 2.12. The van der Waals surface area contributed by atoms with Crippen LogP contribution in [0.25, 0.3) is 16.6 Å². The van der Waals surface area contributed by atoms with E-state index in [4.69, 9.17) is 9.47 Å². The molecule has 4 aromatic rings. The minimum atomic E-state index is -0.144. The minimum absolute atomic E-state index is 0.144.